The Morgan fingerprint density at radius 2 is 2.47 bits per heavy atom. The molecule has 2 atom stereocenters. The van der Waals surface area contributed by atoms with Gasteiger partial charge >= 0.3 is 0 Å². The van der Waals surface area contributed by atoms with Crippen molar-refractivity contribution in [3.05, 3.63) is 16.1 Å². The maximum absolute atomic E-state index is 12.4. The quantitative estimate of drug-likeness (QED) is 0.817. The van der Waals surface area contributed by atoms with E-state index in [1.807, 2.05) is 6.92 Å². The number of aryl methyl sites for hydroxylation is 1. The molecule has 4 nitrogen and oxygen atoms in total. The Bertz CT molecular complexity index is 431. The molecule has 2 aliphatic rings. The number of amides is 1. The third-order valence-electron chi connectivity index (χ3n) is 3.77. The molecule has 0 saturated carbocycles. The van der Waals surface area contributed by atoms with E-state index >= 15 is 0 Å². The summed E-state index contributed by atoms with van der Waals surface area (Å²) in [6, 6.07) is 0.402. The standard InChI is InChI=1S/C12H17N3OS/c1-8-14-7-11(17-8)12(16)15-4-2-3-9-5-13-6-10(9)15/h7,9-10,13H,2-6H2,1H3. The SMILES string of the molecule is Cc1ncc(C(=O)N2CCCC3CNCC32)s1. The van der Waals surface area contributed by atoms with Crippen LogP contribution in [0.5, 0.6) is 0 Å². The van der Waals surface area contributed by atoms with Crippen molar-refractivity contribution >= 4 is 17.2 Å². The van der Waals surface area contributed by atoms with E-state index in [4.69, 9.17) is 0 Å². The summed E-state index contributed by atoms with van der Waals surface area (Å²) in [5.74, 6) is 0.829. The number of nitrogens with zero attached hydrogens (tertiary/aromatic N) is 2. The first-order chi connectivity index (χ1) is 8.25. The number of hydrogen-bond acceptors (Lipinski definition) is 4. The van der Waals surface area contributed by atoms with E-state index < -0.39 is 0 Å². The Balaban J connectivity index is 1.81. The van der Waals surface area contributed by atoms with Crippen molar-refractivity contribution in [1.82, 2.24) is 15.2 Å². The number of thiazole rings is 1. The maximum atomic E-state index is 12.4. The predicted octanol–water partition coefficient (Wildman–Crippen LogP) is 1.28. The zero-order chi connectivity index (χ0) is 11.8. The van der Waals surface area contributed by atoms with Crippen molar-refractivity contribution in [2.24, 2.45) is 5.92 Å². The van der Waals surface area contributed by atoms with Crippen molar-refractivity contribution in [2.45, 2.75) is 25.8 Å². The highest BCUT2D eigenvalue weighted by Crippen LogP contribution is 2.28. The fourth-order valence-corrected chi connectivity index (χ4v) is 3.66. The molecule has 3 rings (SSSR count). The molecule has 0 bridgehead atoms. The van der Waals surface area contributed by atoms with Gasteiger partial charge in [0.1, 0.15) is 4.88 Å². The van der Waals surface area contributed by atoms with E-state index in [9.17, 15) is 4.79 Å². The molecule has 1 aromatic rings. The van der Waals surface area contributed by atoms with Gasteiger partial charge < -0.3 is 10.2 Å². The van der Waals surface area contributed by atoms with Crippen LogP contribution in [0.2, 0.25) is 0 Å². The van der Waals surface area contributed by atoms with Gasteiger partial charge in [-0.3, -0.25) is 4.79 Å². The molecule has 17 heavy (non-hydrogen) atoms. The van der Waals surface area contributed by atoms with Gasteiger partial charge in [-0.05, 0) is 25.7 Å². The molecular weight excluding hydrogens is 234 g/mol. The van der Waals surface area contributed by atoms with E-state index in [2.05, 4.69) is 15.2 Å². The van der Waals surface area contributed by atoms with E-state index in [0.29, 0.717) is 12.0 Å². The first kappa shape index (κ1) is 11.2. The number of nitrogens with one attached hydrogen (secondary N) is 1. The Morgan fingerprint density at radius 3 is 3.24 bits per heavy atom. The van der Waals surface area contributed by atoms with Gasteiger partial charge in [0.25, 0.3) is 5.91 Å². The minimum atomic E-state index is 0.175. The van der Waals surface area contributed by atoms with Gasteiger partial charge in [-0.1, -0.05) is 0 Å². The first-order valence-corrected chi connectivity index (χ1v) is 7.01. The number of rotatable bonds is 1. The Hall–Kier alpha value is -0.940. The number of aromatic nitrogens is 1. The Labute approximate surface area is 105 Å². The lowest BCUT2D eigenvalue weighted by atomic mass is 9.92. The van der Waals surface area contributed by atoms with Gasteiger partial charge in [-0.15, -0.1) is 11.3 Å². The molecule has 0 radical (unpaired) electrons. The highest BCUT2D eigenvalue weighted by molar-refractivity contribution is 7.13. The van der Waals surface area contributed by atoms with Gasteiger partial charge in [-0.2, -0.15) is 0 Å². The summed E-state index contributed by atoms with van der Waals surface area (Å²) in [6.07, 6.45) is 4.10. The first-order valence-electron chi connectivity index (χ1n) is 6.20. The molecule has 0 spiro atoms. The van der Waals surface area contributed by atoms with Gasteiger partial charge in [0.15, 0.2) is 0 Å². The van der Waals surface area contributed by atoms with Crippen LogP contribution in [0.15, 0.2) is 6.20 Å². The summed E-state index contributed by atoms with van der Waals surface area (Å²) in [4.78, 5) is 19.4. The fraction of sp³-hybridized carbons (Fsp3) is 0.667. The van der Waals surface area contributed by atoms with Crippen molar-refractivity contribution in [1.29, 1.82) is 0 Å². The molecule has 2 saturated heterocycles. The smallest absolute Gasteiger partial charge is 0.265 e. The molecule has 2 unspecified atom stereocenters. The number of likely N-dealkylation sites (tertiary alicyclic amines) is 1. The zero-order valence-electron chi connectivity index (χ0n) is 9.98. The van der Waals surface area contributed by atoms with Crippen LogP contribution in [0, 0.1) is 12.8 Å². The van der Waals surface area contributed by atoms with Crippen LogP contribution < -0.4 is 5.32 Å². The third kappa shape index (κ3) is 1.98. The molecule has 3 heterocycles. The second kappa shape index (κ2) is 4.38. The summed E-state index contributed by atoms with van der Waals surface area (Å²) in [7, 11) is 0. The highest BCUT2D eigenvalue weighted by atomic mass is 32.1. The van der Waals surface area contributed by atoms with Crippen LogP contribution in [-0.4, -0.2) is 41.5 Å². The third-order valence-corrected chi connectivity index (χ3v) is 4.67. The highest BCUT2D eigenvalue weighted by Gasteiger charge is 2.37. The van der Waals surface area contributed by atoms with Crippen molar-refractivity contribution in [2.75, 3.05) is 19.6 Å². The molecule has 5 heteroatoms. The second-order valence-corrected chi connectivity index (χ2v) is 6.10. The molecule has 1 amide bonds. The number of carbonyl (C=O) groups is 1. The molecule has 1 N–H and O–H groups in total. The topological polar surface area (TPSA) is 45.2 Å². The number of piperidine rings is 1. The molecular formula is C12H17N3OS. The average molecular weight is 251 g/mol. The van der Waals surface area contributed by atoms with Crippen molar-refractivity contribution < 1.29 is 4.79 Å². The van der Waals surface area contributed by atoms with Crippen molar-refractivity contribution in [3.63, 3.8) is 0 Å². The lowest BCUT2D eigenvalue weighted by Gasteiger charge is -2.36. The molecule has 92 valence electrons. The van der Waals surface area contributed by atoms with Gasteiger partial charge in [0, 0.05) is 25.7 Å². The van der Waals surface area contributed by atoms with Crippen LogP contribution in [0.25, 0.3) is 0 Å². The molecule has 2 fully saturated rings. The normalized spacial score (nSPS) is 28.2. The summed E-state index contributed by atoms with van der Waals surface area (Å²) < 4.78 is 0. The molecule has 0 aliphatic carbocycles. The zero-order valence-corrected chi connectivity index (χ0v) is 10.8. The average Bonchev–Trinajstić information content (AvgIpc) is 2.95. The number of fused-ring (bicyclic) bond motifs is 1. The van der Waals surface area contributed by atoms with Crippen LogP contribution >= 0.6 is 11.3 Å². The fourth-order valence-electron chi connectivity index (χ4n) is 2.92. The largest absolute Gasteiger partial charge is 0.333 e. The molecule has 0 aromatic carbocycles. The monoisotopic (exact) mass is 251 g/mol. The van der Waals surface area contributed by atoms with Gasteiger partial charge in [0.05, 0.1) is 11.2 Å². The summed E-state index contributed by atoms with van der Waals surface area (Å²) in [6.45, 7) is 4.86. The van der Waals surface area contributed by atoms with Gasteiger partial charge in [0.2, 0.25) is 0 Å². The van der Waals surface area contributed by atoms with Crippen LogP contribution in [0.1, 0.15) is 27.5 Å². The summed E-state index contributed by atoms with van der Waals surface area (Å²) >= 11 is 1.50. The second-order valence-electron chi connectivity index (χ2n) is 4.87. The Morgan fingerprint density at radius 1 is 1.59 bits per heavy atom. The van der Waals surface area contributed by atoms with Crippen LogP contribution in [-0.2, 0) is 0 Å². The van der Waals surface area contributed by atoms with Crippen molar-refractivity contribution in [3.8, 4) is 0 Å². The van der Waals surface area contributed by atoms with E-state index in [-0.39, 0.29) is 5.91 Å². The van der Waals surface area contributed by atoms with Crippen LogP contribution in [0.3, 0.4) is 0 Å². The predicted molar refractivity (Wildman–Crippen MR) is 67.3 cm³/mol. The summed E-state index contributed by atoms with van der Waals surface area (Å²) in [5.41, 5.74) is 0. The molecule has 2 aliphatic heterocycles. The van der Waals surface area contributed by atoms with E-state index in [0.717, 1.165) is 35.9 Å². The van der Waals surface area contributed by atoms with E-state index in [1.165, 1.54) is 17.8 Å². The Kier molecular flexibility index (Phi) is 2.88. The number of carbonyl (C=O) groups excluding carboxylic acids is 1. The lowest BCUT2D eigenvalue weighted by molar-refractivity contribution is 0.0579. The van der Waals surface area contributed by atoms with E-state index in [1.54, 1.807) is 6.20 Å². The maximum Gasteiger partial charge on any atom is 0.265 e. The van der Waals surface area contributed by atoms with Crippen LogP contribution in [0.4, 0.5) is 0 Å². The lowest BCUT2D eigenvalue weighted by Crippen LogP contribution is -2.48. The summed E-state index contributed by atoms with van der Waals surface area (Å²) in [5, 5.41) is 4.36. The van der Waals surface area contributed by atoms with Gasteiger partial charge in [-0.25, -0.2) is 4.98 Å². The molecule has 1 aromatic heterocycles. The minimum absolute atomic E-state index is 0.175. The minimum Gasteiger partial charge on any atom is -0.333 e. The number of hydrogen-bond donors (Lipinski definition) is 1.